The number of pyridine rings is 1. The quantitative estimate of drug-likeness (QED) is 0.687. The average Bonchev–Trinajstić information content (AvgIpc) is 2.54. The Balaban J connectivity index is 1.88. The fourth-order valence-electron chi connectivity index (χ4n) is 2.81. The number of fused-ring (bicyclic) bond motifs is 1. The molecule has 2 aromatic carbocycles. The smallest absolute Gasteiger partial charge is 0.120 e. The first-order valence-electron chi connectivity index (χ1n) is 8.41. The van der Waals surface area contributed by atoms with Crippen molar-refractivity contribution in [3.05, 3.63) is 70.4 Å². The number of nitrogens with zero attached hydrogens (tertiary/aromatic N) is 1. The summed E-state index contributed by atoms with van der Waals surface area (Å²) in [5.41, 5.74) is 4.17. The fraction of sp³-hybridized carbons (Fsp3) is 0.286. The molecule has 0 amide bonds. The summed E-state index contributed by atoms with van der Waals surface area (Å²) in [4.78, 5) is 4.40. The molecule has 0 fully saturated rings. The Bertz CT molecular complexity index is 900. The number of nitrogens with one attached hydrogen (secondary N) is 1. The molecule has 1 aromatic heterocycles. The Morgan fingerprint density at radius 1 is 1.04 bits per heavy atom. The Kier molecular flexibility index (Phi) is 4.98. The molecule has 130 valence electrons. The van der Waals surface area contributed by atoms with Crippen molar-refractivity contribution in [3.8, 4) is 5.75 Å². The number of hydrogen-bond acceptors (Lipinski definition) is 3. The van der Waals surface area contributed by atoms with Crippen LogP contribution in [0.1, 0.15) is 37.5 Å². The molecule has 0 radical (unpaired) electrons. The van der Waals surface area contributed by atoms with Crippen LogP contribution in [0.4, 0.5) is 0 Å². The van der Waals surface area contributed by atoms with E-state index in [1.165, 1.54) is 5.56 Å². The van der Waals surface area contributed by atoms with E-state index >= 15 is 0 Å². The minimum atomic E-state index is 0.00299. The summed E-state index contributed by atoms with van der Waals surface area (Å²) < 4.78 is 0. The molecule has 1 heterocycles. The lowest BCUT2D eigenvalue weighted by atomic mass is 9.99. The van der Waals surface area contributed by atoms with Gasteiger partial charge in [-0.3, -0.25) is 4.98 Å². The second kappa shape index (κ2) is 7.03. The molecule has 2 N–H and O–H groups in total. The molecule has 0 saturated carbocycles. The van der Waals surface area contributed by atoms with Crippen molar-refractivity contribution in [1.29, 1.82) is 0 Å². The highest BCUT2D eigenvalue weighted by Gasteiger charge is 2.11. The highest BCUT2D eigenvalue weighted by molar-refractivity contribution is 6.31. The van der Waals surface area contributed by atoms with E-state index in [1.54, 1.807) is 6.07 Å². The average molecular weight is 355 g/mol. The van der Waals surface area contributed by atoms with E-state index in [0.717, 1.165) is 28.5 Å². The molecular weight excluding hydrogens is 332 g/mol. The van der Waals surface area contributed by atoms with Crippen molar-refractivity contribution in [2.24, 2.45) is 0 Å². The molecule has 0 spiro atoms. The lowest BCUT2D eigenvalue weighted by Gasteiger charge is -2.21. The van der Waals surface area contributed by atoms with Crippen LogP contribution in [0.15, 0.2) is 48.7 Å². The fourth-order valence-corrected chi connectivity index (χ4v) is 2.97. The Morgan fingerprint density at radius 3 is 2.60 bits per heavy atom. The van der Waals surface area contributed by atoms with Gasteiger partial charge in [-0.2, -0.15) is 0 Å². The lowest BCUT2D eigenvalue weighted by molar-refractivity contribution is 0.412. The summed E-state index contributed by atoms with van der Waals surface area (Å²) in [5, 5.41) is 15.4. The van der Waals surface area contributed by atoms with Gasteiger partial charge in [-0.25, -0.2) is 0 Å². The van der Waals surface area contributed by atoms with Crippen LogP contribution in [0.2, 0.25) is 5.02 Å². The maximum absolute atomic E-state index is 10.1. The summed E-state index contributed by atoms with van der Waals surface area (Å²) in [6.07, 6.45) is 2.60. The van der Waals surface area contributed by atoms with Crippen LogP contribution in [-0.2, 0) is 13.0 Å². The minimum absolute atomic E-state index is 0.00299. The van der Waals surface area contributed by atoms with Gasteiger partial charge in [-0.1, -0.05) is 29.8 Å². The molecule has 0 aliphatic rings. The third kappa shape index (κ3) is 4.50. The number of benzene rings is 2. The van der Waals surface area contributed by atoms with Gasteiger partial charge in [0.2, 0.25) is 0 Å². The van der Waals surface area contributed by atoms with Crippen molar-refractivity contribution >= 4 is 22.5 Å². The van der Waals surface area contributed by atoms with Crippen LogP contribution in [0.25, 0.3) is 10.9 Å². The highest BCUT2D eigenvalue weighted by Crippen LogP contribution is 2.25. The number of aromatic nitrogens is 1. The maximum atomic E-state index is 10.1. The van der Waals surface area contributed by atoms with Gasteiger partial charge in [0.15, 0.2) is 0 Å². The van der Waals surface area contributed by atoms with E-state index in [1.807, 2.05) is 36.5 Å². The zero-order valence-corrected chi connectivity index (χ0v) is 15.6. The zero-order chi connectivity index (χ0) is 18.0. The van der Waals surface area contributed by atoms with Gasteiger partial charge in [0.25, 0.3) is 0 Å². The standard InChI is InChI=1S/C21H23ClN2O/c1-21(2,3)24-13-16-11-14(4-7-20(16)25)10-15-8-9-23-19-12-17(22)5-6-18(15)19/h4-9,11-12,24-25H,10,13H2,1-3H3. The number of phenols is 1. The zero-order valence-electron chi connectivity index (χ0n) is 14.8. The lowest BCUT2D eigenvalue weighted by Crippen LogP contribution is -2.35. The molecule has 3 nitrogen and oxygen atoms in total. The summed E-state index contributed by atoms with van der Waals surface area (Å²) in [5.74, 6) is 0.326. The molecule has 0 unspecified atom stereocenters. The van der Waals surface area contributed by atoms with Crippen molar-refractivity contribution in [3.63, 3.8) is 0 Å². The number of rotatable bonds is 4. The first-order chi connectivity index (χ1) is 11.8. The third-order valence-corrected chi connectivity index (χ3v) is 4.38. The second-order valence-electron chi connectivity index (χ2n) is 7.37. The van der Waals surface area contributed by atoms with Crippen molar-refractivity contribution in [2.45, 2.75) is 39.3 Å². The molecule has 0 atom stereocenters. The Morgan fingerprint density at radius 2 is 1.84 bits per heavy atom. The van der Waals surface area contributed by atoms with Crippen LogP contribution in [-0.4, -0.2) is 15.6 Å². The predicted molar refractivity (Wildman–Crippen MR) is 104 cm³/mol. The van der Waals surface area contributed by atoms with Crippen LogP contribution in [0, 0.1) is 0 Å². The van der Waals surface area contributed by atoms with Gasteiger partial charge in [-0.15, -0.1) is 0 Å². The molecule has 0 aliphatic carbocycles. The first-order valence-corrected chi connectivity index (χ1v) is 8.78. The number of hydrogen-bond donors (Lipinski definition) is 2. The van der Waals surface area contributed by atoms with Crippen molar-refractivity contribution < 1.29 is 5.11 Å². The molecular formula is C21H23ClN2O. The van der Waals surface area contributed by atoms with Gasteiger partial charge in [0.1, 0.15) is 5.75 Å². The summed E-state index contributed by atoms with van der Waals surface area (Å²) >= 11 is 6.07. The van der Waals surface area contributed by atoms with E-state index in [4.69, 9.17) is 11.6 Å². The Hall–Kier alpha value is -2.10. The minimum Gasteiger partial charge on any atom is -0.508 e. The van der Waals surface area contributed by atoms with E-state index in [9.17, 15) is 5.11 Å². The van der Waals surface area contributed by atoms with Crippen LogP contribution in [0.3, 0.4) is 0 Å². The second-order valence-corrected chi connectivity index (χ2v) is 7.81. The van der Waals surface area contributed by atoms with E-state index in [2.05, 4.69) is 37.1 Å². The third-order valence-electron chi connectivity index (χ3n) is 4.14. The van der Waals surface area contributed by atoms with E-state index in [-0.39, 0.29) is 5.54 Å². The summed E-state index contributed by atoms with van der Waals surface area (Å²) in [6, 6.07) is 13.6. The first kappa shape index (κ1) is 17.7. The van der Waals surface area contributed by atoms with Crippen molar-refractivity contribution in [2.75, 3.05) is 0 Å². The molecule has 3 rings (SSSR count). The molecule has 0 aliphatic heterocycles. The number of halogens is 1. The van der Waals surface area contributed by atoms with Crippen LogP contribution in [0.5, 0.6) is 5.75 Å². The molecule has 25 heavy (non-hydrogen) atoms. The van der Waals surface area contributed by atoms with Gasteiger partial charge >= 0.3 is 0 Å². The van der Waals surface area contributed by atoms with Crippen LogP contribution >= 0.6 is 11.6 Å². The maximum Gasteiger partial charge on any atom is 0.120 e. The molecule has 0 bridgehead atoms. The van der Waals surface area contributed by atoms with Gasteiger partial charge < -0.3 is 10.4 Å². The monoisotopic (exact) mass is 354 g/mol. The van der Waals surface area contributed by atoms with Gasteiger partial charge in [0.05, 0.1) is 5.52 Å². The van der Waals surface area contributed by atoms with Gasteiger partial charge in [-0.05, 0) is 62.6 Å². The molecule has 0 saturated heterocycles. The number of aromatic hydroxyl groups is 1. The van der Waals surface area contributed by atoms with Crippen LogP contribution < -0.4 is 5.32 Å². The molecule has 3 aromatic rings. The largest absolute Gasteiger partial charge is 0.508 e. The SMILES string of the molecule is CC(C)(C)NCc1cc(Cc2ccnc3cc(Cl)ccc23)ccc1O. The summed E-state index contributed by atoms with van der Waals surface area (Å²) in [6.45, 7) is 6.97. The van der Waals surface area contributed by atoms with E-state index < -0.39 is 0 Å². The molecule has 4 heteroatoms. The number of phenolic OH excluding ortho intramolecular Hbond substituents is 1. The topological polar surface area (TPSA) is 45.2 Å². The summed E-state index contributed by atoms with van der Waals surface area (Å²) in [7, 11) is 0. The Labute approximate surface area is 153 Å². The van der Waals surface area contributed by atoms with E-state index in [0.29, 0.717) is 17.3 Å². The van der Waals surface area contributed by atoms with Gasteiger partial charge in [0, 0.05) is 34.3 Å². The van der Waals surface area contributed by atoms with Crippen molar-refractivity contribution in [1.82, 2.24) is 10.3 Å². The predicted octanol–water partition coefficient (Wildman–Crippen LogP) is 5.07. The normalized spacial score (nSPS) is 11.8. The highest BCUT2D eigenvalue weighted by atomic mass is 35.5.